The Labute approximate surface area is 167 Å². The van der Waals surface area contributed by atoms with Gasteiger partial charge in [-0.25, -0.2) is 8.42 Å². The zero-order chi connectivity index (χ0) is 19.4. The van der Waals surface area contributed by atoms with Crippen molar-refractivity contribution in [3.63, 3.8) is 0 Å². The van der Waals surface area contributed by atoms with Gasteiger partial charge in [-0.2, -0.15) is 0 Å². The van der Waals surface area contributed by atoms with Crippen molar-refractivity contribution in [2.75, 3.05) is 29.4 Å². The van der Waals surface area contributed by atoms with E-state index in [0.29, 0.717) is 28.8 Å². The number of hydrogen-bond donors (Lipinski definition) is 1. The monoisotopic (exact) mass is 426 g/mol. The normalized spacial score (nSPS) is 16.4. The number of benzene rings is 2. The van der Waals surface area contributed by atoms with Crippen LogP contribution in [0.5, 0.6) is 5.75 Å². The number of fused-ring (bicyclic) bond motifs is 1. The van der Waals surface area contributed by atoms with Crippen LogP contribution < -0.4 is 14.4 Å². The van der Waals surface area contributed by atoms with Gasteiger partial charge in [0.1, 0.15) is 5.75 Å². The number of carbonyl (C=O) groups excluding carboxylic acids is 1. The van der Waals surface area contributed by atoms with Crippen LogP contribution in [0.4, 0.5) is 5.69 Å². The first kappa shape index (κ1) is 19.9. The Morgan fingerprint density at radius 1 is 1.30 bits per heavy atom. The lowest BCUT2D eigenvalue weighted by molar-refractivity contribution is -0.127. The zero-order valence-electron chi connectivity index (χ0n) is 14.6. The fourth-order valence-corrected chi connectivity index (χ4v) is 4.51. The van der Waals surface area contributed by atoms with Gasteiger partial charge in [0.05, 0.1) is 18.5 Å². The van der Waals surface area contributed by atoms with Crippen molar-refractivity contribution in [2.24, 2.45) is 0 Å². The van der Waals surface area contributed by atoms with E-state index in [1.54, 1.807) is 23.9 Å². The largest absolute Gasteiger partial charge is 0.476 e. The van der Waals surface area contributed by atoms with Gasteiger partial charge in [0.25, 0.3) is 5.91 Å². The summed E-state index contributed by atoms with van der Waals surface area (Å²) in [6, 6.07) is 14.6. The van der Waals surface area contributed by atoms with Gasteiger partial charge in [0, 0.05) is 22.2 Å². The van der Waals surface area contributed by atoms with Gasteiger partial charge < -0.3 is 10.1 Å². The van der Waals surface area contributed by atoms with Crippen molar-refractivity contribution in [3.05, 3.63) is 53.6 Å². The van der Waals surface area contributed by atoms with Crippen LogP contribution in [0.15, 0.2) is 53.4 Å². The van der Waals surface area contributed by atoms with Crippen LogP contribution >= 0.6 is 23.4 Å². The predicted molar refractivity (Wildman–Crippen MR) is 108 cm³/mol. The molecule has 1 N–H and O–H groups in total. The van der Waals surface area contributed by atoms with E-state index in [1.165, 1.54) is 6.07 Å². The maximum Gasteiger partial charge on any atom is 0.263 e. The molecule has 0 aliphatic carbocycles. The number of thioether (sulfide) groups is 1. The molecule has 0 aromatic heterocycles. The van der Waals surface area contributed by atoms with E-state index in [-0.39, 0.29) is 12.5 Å². The molecule has 1 amide bonds. The van der Waals surface area contributed by atoms with E-state index < -0.39 is 16.1 Å². The summed E-state index contributed by atoms with van der Waals surface area (Å²) in [7, 11) is -3.57. The fourth-order valence-electron chi connectivity index (χ4n) is 2.65. The molecule has 2 aromatic rings. The van der Waals surface area contributed by atoms with E-state index in [1.807, 2.05) is 30.3 Å². The number of ether oxygens (including phenoxy) is 1. The minimum absolute atomic E-state index is 0.0934. The van der Waals surface area contributed by atoms with E-state index in [9.17, 15) is 13.2 Å². The molecule has 3 rings (SSSR count). The molecule has 27 heavy (non-hydrogen) atoms. The van der Waals surface area contributed by atoms with E-state index in [2.05, 4.69) is 5.32 Å². The van der Waals surface area contributed by atoms with Crippen LogP contribution in [0, 0.1) is 0 Å². The molecule has 0 spiro atoms. The number of sulfonamides is 1. The molecule has 9 heteroatoms. The third kappa shape index (κ3) is 5.09. The Kier molecular flexibility index (Phi) is 6.18. The lowest BCUT2D eigenvalue weighted by atomic mass is 10.2. The minimum atomic E-state index is -3.57. The molecule has 1 atom stereocenters. The molecule has 1 aliphatic rings. The Balaban J connectivity index is 1.63. The molecule has 1 heterocycles. The highest BCUT2D eigenvalue weighted by Gasteiger charge is 2.35. The van der Waals surface area contributed by atoms with Gasteiger partial charge in [0.15, 0.2) is 6.10 Å². The molecule has 2 aromatic carbocycles. The van der Waals surface area contributed by atoms with Crippen LogP contribution in [-0.4, -0.2) is 45.5 Å². The van der Waals surface area contributed by atoms with Crippen molar-refractivity contribution < 1.29 is 17.9 Å². The summed E-state index contributed by atoms with van der Waals surface area (Å²) in [5.74, 6) is 0.664. The SMILES string of the molecule is CS(=O)(=O)N1C[C@H](C(=O)NCCSc2ccccc2)Oc2ccc(Cl)cc21. The summed E-state index contributed by atoms with van der Waals surface area (Å²) >= 11 is 7.59. The smallest absolute Gasteiger partial charge is 0.263 e. The highest BCUT2D eigenvalue weighted by atomic mass is 35.5. The molecular formula is C18H19ClN2O4S2. The van der Waals surface area contributed by atoms with Crippen LogP contribution in [0.3, 0.4) is 0 Å². The highest BCUT2D eigenvalue weighted by Crippen LogP contribution is 2.37. The summed E-state index contributed by atoms with van der Waals surface area (Å²) in [5.41, 5.74) is 0.341. The molecule has 6 nitrogen and oxygen atoms in total. The van der Waals surface area contributed by atoms with Gasteiger partial charge in [0.2, 0.25) is 10.0 Å². The van der Waals surface area contributed by atoms with Gasteiger partial charge >= 0.3 is 0 Å². The Hall–Kier alpha value is -1.90. The van der Waals surface area contributed by atoms with E-state index in [4.69, 9.17) is 16.3 Å². The Morgan fingerprint density at radius 2 is 2.04 bits per heavy atom. The average molecular weight is 427 g/mol. The topological polar surface area (TPSA) is 75.7 Å². The number of halogens is 1. The molecule has 0 fully saturated rings. The van der Waals surface area contributed by atoms with Crippen LogP contribution in [0.2, 0.25) is 5.02 Å². The third-order valence-electron chi connectivity index (χ3n) is 3.90. The summed E-state index contributed by atoms with van der Waals surface area (Å²) in [4.78, 5) is 13.6. The number of amides is 1. The standard InChI is InChI=1S/C18H19ClN2O4S2/c1-27(23,24)21-12-17(25-16-8-7-13(19)11-15(16)21)18(22)20-9-10-26-14-5-3-2-4-6-14/h2-8,11,17H,9-10,12H2,1H3,(H,20,22)/t17-/m1/s1. The fraction of sp³-hybridized carbons (Fsp3) is 0.278. The molecule has 0 saturated heterocycles. The second kappa shape index (κ2) is 8.41. The van der Waals surface area contributed by atoms with Crippen LogP contribution in [0.25, 0.3) is 0 Å². The van der Waals surface area contributed by atoms with Gasteiger partial charge in [-0.15, -0.1) is 11.8 Å². The molecule has 1 aliphatic heterocycles. The maximum absolute atomic E-state index is 12.5. The molecule has 0 radical (unpaired) electrons. The predicted octanol–water partition coefficient (Wildman–Crippen LogP) is 2.78. The summed E-state index contributed by atoms with van der Waals surface area (Å²) in [6.45, 7) is 0.356. The summed E-state index contributed by atoms with van der Waals surface area (Å²) in [6.07, 6.45) is 0.171. The van der Waals surface area contributed by atoms with Crippen molar-refractivity contribution in [1.82, 2.24) is 5.32 Å². The Morgan fingerprint density at radius 3 is 2.74 bits per heavy atom. The lowest BCUT2D eigenvalue weighted by Crippen LogP contribution is -2.50. The first-order chi connectivity index (χ1) is 12.8. The second-order valence-electron chi connectivity index (χ2n) is 5.97. The first-order valence-electron chi connectivity index (χ1n) is 8.24. The van der Waals surface area contributed by atoms with Crippen LogP contribution in [0.1, 0.15) is 0 Å². The summed E-state index contributed by atoms with van der Waals surface area (Å²) in [5, 5.41) is 3.20. The first-order valence-corrected chi connectivity index (χ1v) is 11.5. The molecule has 144 valence electrons. The lowest BCUT2D eigenvalue weighted by Gasteiger charge is -2.34. The number of rotatable bonds is 6. The molecule has 0 saturated carbocycles. The van der Waals surface area contributed by atoms with E-state index >= 15 is 0 Å². The minimum Gasteiger partial charge on any atom is -0.476 e. The number of anilines is 1. The molecular weight excluding hydrogens is 408 g/mol. The average Bonchev–Trinajstić information content (AvgIpc) is 2.64. The van der Waals surface area contributed by atoms with Crippen molar-refractivity contribution in [2.45, 2.75) is 11.0 Å². The quantitative estimate of drug-likeness (QED) is 0.567. The number of nitrogens with one attached hydrogen (secondary N) is 1. The van der Waals surface area contributed by atoms with Crippen molar-refractivity contribution >= 4 is 45.0 Å². The molecule has 0 bridgehead atoms. The van der Waals surface area contributed by atoms with Gasteiger partial charge in [-0.3, -0.25) is 9.10 Å². The number of hydrogen-bond acceptors (Lipinski definition) is 5. The molecule has 0 unspecified atom stereocenters. The maximum atomic E-state index is 12.5. The Bertz CT molecular complexity index is 922. The highest BCUT2D eigenvalue weighted by molar-refractivity contribution is 7.99. The van der Waals surface area contributed by atoms with Crippen LogP contribution in [-0.2, 0) is 14.8 Å². The van der Waals surface area contributed by atoms with Crippen molar-refractivity contribution in [3.8, 4) is 5.75 Å². The van der Waals surface area contributed by atoms with E-state index in [0.717, 1.165) is 15.5 Å². The zero-order valence-corrected chi connectivity index (χ0v) is 17.0. The second-order valence-corrected chi connectivity index (χ2v) is 9.48. The number of nitrogens with zero attached hydrogens (tertiary/aromatic N) is 1. The summed E-state index contributed by atoms with van der Waals surface area (Å²) < 4.78 is 31.1. The van der Waals surface area contributed by atoms with Crippen molar-refractivity contribution in [1.29, 1.82) is 0 Å². The third-order valence-corrected chi connectivity index (χ3v) is 6.29. The van der Waals surface area contributed by atoms with Gasteiger partial charge in [-0.05, 0) is 30.3 Å². The number of carbonyl (C=O) groups is 1. The van der Waals surface area contributed by atoms with Gasteiger partial charge in [-0.1, -0.05) is 29.8 Å².